The van der Waals surface area contributed by atoms with Crippen molar-refractivity contribution in [3.05, 3.63) is 57.6 Å². The maximum Gasteiger partial charge on any atom is 0.163 e. The molecule has 0 unspecified atom stereocenters. The molecule has 0 heterocycles. The molecule has 2 aromatic rings. The van der Waals surface area contributed by atoms with Crippen molar-refractivity contribution in [3.63, 3.8) is 0 Å². The Bertz CT molecular complexity index is 662. The monoisotopic (exact) mass is 383 g/mol. The second-order valence-corrected chi connectivity index (χ2v) is 6.34. The second-order valence-electron chi connectivity index (χ2n) is 5.49. The van der Waals surface area contributed by atoms with E-state index in [4.69, 9.17) is 37.8 Å². The number of aliphatic hydroxyl groups is 1. The van der Waals surface area contributed by atoms with E-state index >= 15 is 0 Å². The molecule has 0 aliphatic rings. The number of hydrogen-bond acceptors (Lipinski definition) is 4. The molecule has 136 valence electrons. The van der Waals surface area contributed by atoms with E-state index in [9.17, 15) is 0 Å². The topological polar surface area (TPSA) is 50.7 Å². The first-order chi connectivity index (χ1) is 12.1. The van der Waals surface area contributed by atoms with Gasteiger partial charge in [0.05, 0.1) is 6.61 Å². The Balaban J connectivity index is 2.07. The fraction of sp³-hybridized carbons (Fsp3) is 0.368. The van der Waals surface area contributed by atoms with Crippen molar-refractivity contribution in [1.82, 2.24) is 5.32 Å². The number of halogens is 2. The third-order valence-electron chi connectivity index (χ3n) is 3.55. The van der Waals surface area contributed by atoms with E-state index in [0.29, 0.717) is 47.7 Å². The molecule has 2 aromatic carbocycles. The molecule has 0 spiro atoms. The zero-order chi connectivity index (χ0) is 18.1. The summed E-state index contributed by atoms with van der Waals surface area (Å²) in [7, 11) is 0. The van der Waals surface area contributed by atoms with Gasteiger partial charge in [0.1, 0.15) is 6.61 Å². The molecule has 0 saturated heterocycles. The van der Waals surface area contributed by atoms with Crippen LogP contribution in [0.25, 0.3) is 0 Å². The number of nitrogens with one attached hydrogen (secondary N) is 1. The number of ether oxygens (including phenoxy) is 2. The van der Waals surface area contributed by atoms with Gasteiger partial charge in [-0.05, 0) is 49.2 Å². The maximum absolute atomic E-state index is 8.83. The minimum Gasteiger partial charge on any atom is -0.490 e. The Hall–Kier alpha value is -1.46. The molecule has 0 saturated carbocycles. The Morgan fingerprint density at radius 2 is 1.76 bits per heavy atom. The van der Waals surface area contributed by atoms with Crippen LogP contribution in [0.15, 0.2) is 36.4 Å². The standard InChI is InChI=1S/C19H23Cl2NO3/c1-2-24-18-10-15(12-22-8-3-9-23)17(21)11-19(18)25-13-14-4-6-16(20)7-5-14/h4-7,10-11,22-23H,2-3,8-9,12-13H2,1H3. The highest BCUT2D eigenvalue weighted by atomic mass is 35.5. The molecule has 0 aliphatic carbocycles. The van der Waals surface area contributed by atoms with Gasteiger partial charge in [0, 0.05) is 29.3 Å². The molecule has 0 atom stereocenters. The number of rotatable bonds is 10. The lowest BCUT2D eigenvalue weighted by atomic mass is 10.2. The summed E-state index contributed by atoms with van der Waals surface area (Å²) in [6.45, 7) is 4.37. The fourth-order valence-corrected chi connectivity index (χ4v) is 2.61. The zero-order valence-corrected chi connectivity index (χ0v) is 15.7. The van der Waals surface area contributed by atoms with E-state index in [0.717, 1.165) is 17.7 Å². The van der Waals surface area contributed by atoms with Gasteiger partial charge in [-0.15, -0.1) is 0 Å². The Kier molecular flexibility index (Phi) is 8.35. The van der Waals surface area contributed by atoms with E-state index in [1.165, 1.54) is 0 Å². The molecular formula is C19H23Cl2NO3. The number of benzene rings is 2. The van der Waals surface area contributed by atoms with E-state index < -0.39 is 0 Å². The van der Waals surface area contributed by atoms with Gasteiger partial charge in [0.25, 0.3) is 0 Å². The van der Waals surface area contributed by atoms with Crippen LogP contribution in [0.1, 0.15) is 24.5 Å². The van der Waals surface area contributed by atoms with Crippen LogP contribution in [0, 0.1) is 0 Å². The van der Waals surface area contributed by atoms with Gasteiger partial charge < -0.3 is 19.9 Å². The predicted molar refractivity (Wildman–Crippen MR) is 102 cm³/mol. The molecule has 0 aromatic heterocycles. The molecule has 0 radical (unpaired) electrons. The lowest BCUT2D eigenvalue weighted by Gasteiger charge is -2.15. The summed E-state index contributed by atoms with van der Waals surface area (Å²) in [6.07, 6.45) is 0.707. The third-order valence-corrected chi connectivity index (χ3v) is 4.15. The first-order valence-electron chi connectivity index (χ1n) is 8.28. The molecule has 0 amide bonds. The summed E-state index contributed by atoms with van der Waals surface area (Å²) in [5.74, 6) is 1.28. The quantitative estimate of drug-likeness (QED) is 0.595. The van der Waals surface area contributed by atoms with Crippen molar-refractivity contribution in [2.24, 2.45) is 0 Å². The van der Waals surface area contributed by atoms with Crippen molar-refractivity contribution in [2.75, 3.05) is 19.8 Å². The lowest BCUT2D eigenvalue weighted by Crippen LogP contribution is -2.16. The molecule has 0 fully saturated rings. The van der Waals surface area contributed by atoms with Crippen LogP contribution in [0.5, 0.6) is 11.5 Å². The van der Waals surface area contributed by atoms with Crippen molar-refractivity contribution in [3.8, 4) is 11.5 Å². The van der Waals surface area contributed by atoms with Gasteiger partial charge >= 0.3 is 0 Å². The van der Waals surface area contributed by atoms with E-state index in [1.54, 1.807) is 6.07 Å². The largest absolute Gasteiger partial charge is 0.490 e. The van der Waals surface area contributed by atoms with Gasteiger partial charge in [-0.3, -0.25) is 0 Å². The molecule has 4 nitrogen and oxygen atoms in total. The van der Waals surface area contributed by atoms with Gasteiger partial charge in [0.15, 0.2) is 11.5 Å². The van der Waals surface area contributed by atoms with Gasteiger partial charge in [0.2, 0.25) is 0 Å². The zero-order valence-electron chi connectivity index (χ0n) is 14.2. The van der Waals surface area contributed by atoms with E-state index in [2.05, 4.69) is 5.32 Å². The van der Waals surface area contributed by atoms with Crippen molar-refractivity contribution in [1.29, 1.82) is 0 Å². The summed E-state index contributed by atoms with van der Waals surface area (Å²) in [5.41, 5.74) is 1.94. The van der Waals surface area contributed by atoms with Crippen LogP contribution >= 0.6 is 23.2 Å². The summed E-state index contributed by atoms with van der Waals surface area (Å²) in [4.78, 5) is 0. The van der Waals surface area contributed by atoms with Crippen LogP contribution < -0.4 is 14.8 Å². The SMILES string of the molecule is CCOc1cc(CNCCCO)c(Cl)cc1OCc1ccc(Cl)cc1. The van der Waals surface area contributed by atoms with Crippen molar-refractivity contribution in [2.45, 2.75) is 26.5 Å². The van der Waals surface area contributed by atoms with Crippen molar-refractivity contribution >= 4 is 23.2 Å². The summed E-state index contributed by atoms with van der Waals surface area (Å²) in [5, 5.41) is 13.4. The smallest absolute Gasteiger partial charge is 0.163 e. The average Bonchev–Trinajstić information content (AvgIpc) is 2.61. The minimum absolute atomic E-state index is 0.169. The first-order valence-corrected chi connectivity index (χ1v) is 9.03. The fourth-order valence-electron chi connectivity index (χ4n) is 2.26. The Labute approximate surface area is 158 Å². The van der Waals surface area contributed by atoms with Crippen LogP contribution in [-0.4, -0.2) is 24.9 Å². The van der Waals surface area contributed by atoms with Crippen LogP contribution in [-0.2, 0) is 13.2 Å². The predicted octanol–water partition coefficient (Wildman–Crippen LogP) is 4.44. The summed E-state index contributed by atoms with van der Waals surface area (Å²) in [6, 6.07) is 11.2. The third kappa shape index (κ3) is 6.40. The highest BCUT2D eigenvalue weighted by molar-refractivity contribution is 6.31. The number of hydrogen-bond donors (Lipinski definition) is 2. The van der Waals surface area contributed by atoms with Gasteiger partial charge in [-0.25, -0.2) is 0 Å². The highest BCUT2D eigenvalue weighted by Gasteiger charge is 2.11. The molecule has 2 rings (SSSR count). The molecule has 0 aliphatic heterocycles. The van der Waals surface area contributed by atoms with Crippen molar-refractivity contribution < 1.29 is 14.6 Å². The first kappa shape index (κ1) is 19.9. The summed E-state index contributed by atoms with van der Waals surface area (Å²) >= 11 is 12.3. The minimum atomic E-state index is 0.169. The average molecular weight is 384 g/mol. The molecule has 6 heteroatoms. The number of aliphatic hydroxyl groups excluding tert-OH is 1. The van der Waals surface area contributed by atoms with E-state index in [1.807, 2.05) is 37.3 Å². The maximum atomic E-state index is 8.83. The Morgan fingerprint density at radius 3 is 2.44 bits per heavy atom. The lowest BCUT2D eigenvalue weighted by molar-refractivity contribution is 0.269. The second kappa shape index (κ2) is 10.5. The van der Waals surface area contributed by atoms with Crippen LogP contribution in [0.2, 0.25) is 10.0 Å². The normalized spacial score (nSPS) is 10.7. The highest BCUT2D eigenvalue weighted by Crippen LogP contribution is 2.34. The molecule has 0 bridgehead atoms. The summed E-state index contributed by atoms with van der Waals surface area (Å²) < 4.78 is 11.6. The molecule has 2 N–H and O–H groups in total. The van der Waals surface area contributed by atoms with Gasteiger partial charge in [-0.2, -0.15) is 0 Å². The molecule has 25 heavy (non-hydrogen) atoms. The van der Waals surface area contributed by atoms with Crippen LogP contribution in [0.4, 0.5) is 0 Å². The van der Waals surface area contributed by atoms with E-state index in [-0.39, 0.29) is 6.61 Å². The van der Waals surface area contributed by atoms with Gasteiger partial charge in [-0.1, -0.05) is 35.3 Å². The molecular weight excluding hydrogens is 361 g/mol. The van der Waals surface area contributed by atoms with Crippen LogP contribution in [0.3, 0.4) is 0 Å². The Morgan fingerprint density at radius 1 is 1.04 bits per heavy atom.